The predicted molar refractivity (Wildman–Crippen MR) is 101 cm³/mol. The SMILES string of the molecule is CC(=CN1CCN(c2ccnc([C@@H](C)O)n2)CC1)C(=O)c1ccccc1. The molecule has 6 nitrogen and oxygen atoms in total. The molecular weight excluding hydrogens is 328 g/mol. The number of carbonyl (C=O) groups is 1. The Bertz CT molecular complexity index is 781. The summed E-state index contributed by atoms with van der Waals surface area (Å²) in [5.41, 5.74) is 1.45. The molecule has 0 aliphatic carbocycles. The zero-order valence-corrected chi connectivity index (χ0v) is 15.2. The van der Waals surface area contributed by atoms with E-state index in [-0.39, 0.29) is 5.78 Å². The van der Waals surface area contributed by atoms with Crippen molar-refractivity contribution >= 4 is 11.6 Å². The van der Waals surface area contributed by atoms with E-state index >= 15 is 0 Å². The quantitative estimate of drug-likeness (QED) is 0.658. The second kappa shape index (κ2) is 8.10. The molecule has 1 aromatic carbocycles. The molecule has 1 aliphatic heterocycles. The van der Waals surface area contributed by atoms with Crippen molar-refractivity contribution in [2.75, 3.05) is 31.1 Å². The minimum absolute atomic E-state index is 0.0606. The lowest BCUT2D eigenvalue weighted by Crippen LogP contribution is -2.44. The van der Waals surface area contributed by atoms with E-state index in [1.54, 1.807) is 13.1 Å². The first-order valence-corrected chi connectivity index (χ1v) is 8.83. The summed E-state index contributed by atoms with van der Waals surface area (Å²) in [6.45, 7) is 6.76. The van der Waals surface area contributed by atoms with Gasteiger partial charge in [-0.3, -0.25) is 4.79 Å². The van der Waals surface area contributed by atoms with Gasteiger partial charge in [-0.05, 0) is 19.9 Å². The first-order valence-electron chi connectivity index (χ1n) is 8.83. The average Bonchev–Trinajstić information content (AvgIpc) is 2.68. The van der Waals surface area contributed by atoms with Gasteiger partial charge in [0, 0.05) is 49.7 Å². The fourth-order valence-corrected chi connectivity index (χ4v) is 2.97. The van der Waals surface area contributed by atoms with Gasteiger partial charge < -0.3 is 14.9 Å². The number of hydrogen-bond donors (Lipinski definition) is 1. The van der Waals surface area contributed by atoms with Gasteiger partial charge in [0.15, 0.2) is 11.6 Å². The molecule has 0 spiro atoms. The summed E-state index contributed by atoms with van der Waals surface area (Å²) in [5.74, 6) is 1.33. The molecule has 1 N–H and O–H groups in total. The summed E-state index contributed by atoms with van der Waals surface area (Å²) in [6, 6.07) is 11.2. The van der Waals surface area contributed by atoms with E-state index in [1.165, 1.54) is 0 Å². The number of piperazine rings is 1. The minimum Gasteiger partial charge on any atom is -0.385 e. The lowest BCUT2D eigenvalue weighted by atomic mass is 10.1. The molecule has 0 bridgehead atoms. The van der Waals surface area contributed by atoms with E-state index in [0.717, 1.165) is 37.6 Å². The van der Waals surface area contributed by atoms with E-state index < -0.39 is 6.10 Å². The molecular formula is C20H24N4O2. The number of aromatic nitrogens is 2. The smallest absolute Gasteiger partial charge is 0.190 e. The van der Waals surface area contributed by atoms with Crippen LogP contribution in [0.15, 0.2) is 54.4 Å². The van der Waals surface area contributed by atoms with E-state index in [4.69, 9.17) is 0 Å². The van der Waals surface area contributed by atoms with Crippen LogP contribution in [0, 0.1) is 0 Å². The first kappa shape index (κ1) is 18.1. The molecule has 1 aromatic heterocycles. The standard InChI is InChI=1S/C20H24N4O2/c1-15(19(26)17-6-4-3-5-7-17)14-23-10-12-24(13-11-23)18-8-9-21-20(22-18)16(2)25/h3-9,14,16,25H,10-13H2,1-2H3/t16-/m1/s1. The summed E-state index contributed by atoms with van der Waals surface area (Å²) in [6.07, 6.45) is 2.96. The number of benzene rings is 1. The van der Waals surface area contributed by atoms with E-state index in [2.05, 4.69) is 19.8 Å². The molecule has 1 saturated heterocycles. The molecule has 26 heavy (non-hydrogen) atoms. The molecule has 1 aliphatic rings. The summed E-state index contributed by atoms with van der Waals surface area (Å²) in [5, 5.41) is 9.64. The largest absolute Gasteiger partial charge is 0.385 e. The Morgan fingerprint density at radius 1 is 1.15 bits per heavy atom. The molecule has 0 unspecified atom stereocenters. The normalized spacial score (nSPS) is 16.5. The van der Waals surface area contributed by atoms with Crippen LogP contribution >= 0.6 is 0 Å². The third kappa shape index (κ3) is 4.26. The zero-order chi connectivity index (χ0) is 18.5. The van der Waals surface area contributed by atoms with Crippen molar-refractivity contribution in [1.29, 1.82) is 0 Å². The van der Waals surface area contributed by atoms with Gasteiger partial charge in [0.25, 0.3) is 0 Å². The zero-order valence-electron chi connectivity index (χ0n) is 15.2. The number of allylic oxidation sites excluding steroid dienone is 1. The molecule has 1 atom stereocenters. The van der Waals surface area contributed by atoms with Gasteiger partial charge in [-0.2, -0.15) is 0 Å². The Morgan fingerprint density at radius 2 is 1.85 bits per heavy atom. The lowest BCUT2D eigenvalue weighted by Gasteiger charge is -2.35. The van der Waals surface area contributed by atoms with Gasteiger partial charge in [-0.15, -0.1) is 0 Å². The van der Waals surface area contributed by atoms with Crippen molar-refractivity contribution in [1.82, 2.24) is 14.9 Å². The molecule has 2 aromatic rings. The molecule has 1 fully saturated rings. The Hall–Kier alpha value is -2.73. The highest BCUT2D eigenvalue weighted by molar-refractivity contribution is 6.08. The number of aliphatic hydroxyl groups is 1. The Balaban J connectivity index is 1.61. The van der Waals surface area contributed by atoms with Crippen molar-refractivity contribution in [2.24, 2.45) is 0 Å². The Labute approximate surface area is 153 Å². The van der Waals surface area contributed by atoms with Crippen molar-refractivity contribution in [3.63, 3.8) is 0 Å². The maximum absolute atomic E-state index is 12.5. The number of aliphatic hydroxyl groups excluding tert-OH is 1. The van der Waals surface area contributed by atoms with Crippen molar-refractivity contribution in [2.45, 2.75) is 20.0 Å². The fraction of sp³-hybridized carbons (Fsp3) is 0.350. The van der Waals surface area contributed by atoms with Gasteiger partial charge in [-0.25, -0.2) is 9.97 Å². The van der Waals surface area contributed by atoms with E-state index in [1.807, 2.05) is 49.5 Å². The van der Waals surface area contributed by atoms with E-state index in [0.29, 0.717) is 11.4 Å². The fourth-order valence-electron chi connectivity index (χ4n) is 2.97. The third-order valence-electron chi connectivity index (χ3n) is 4.44. The number of Topliss-reactive ketones (excluding diaryl/α,β-unsaturated/α-hetero) is 1. The monoisotopic (exact) mass is 352 g/mol. The van der Waals surface area contributed by atoms with Gasteiger partial charge in [0.2, 0.25) is 0 Å². The number of rotatable bonds is 5. The number of carbonyl (C=O) groups excluding carboxylic acids is 1. The molecule has 136 valence electrons. The number of nitrogens with zero attached hydrogens (tertiary/aromatic N) is 4. The maximum atomic E-state index is 12.5. The Morgan fingerprint density at radius 3 is 2.50 bits per heavy atom. The number of hydrogen-bond acceptors (Lipinski definition) is 6. The van der Waals surface area contributed by atoms with Crippen LogP contribution in [0.1, 0.15) is 36.1 Å². The highest BCUT2D eigenvalue weighted by atomic mass is 16.3. The van der Waals surface area contributed by atoms with Gasteiger partial charge in [-0.1, -0.05) is 30.3 Å². The second-order valence-electron chi connectivity index (χ2n) is 6.48. The highest BCUT2D eigenvalue weighted by Crippen LogP contribution is 2.17. The Kier molecular flexibility index (Phi) is 5.63. The van der Waals surface area contributed by atoms with Crippen LogP contribution in [-0.2, 0) is 0 Å². The molecule has 0 saturated carbocycles. The maximum Gasteiger partial charge on any atom is 0.190 e. The second-order valence-corrected chi connectivity index (χ2v) is 6.48. The highest BCUT2D eigenvalue weighted by Gasteiger charge is 2.18. The topological polar surface area (TPSA) is 69.6 Å². The van der Waals surface area contributed by atoms with Crippen LogP contribution in [0.2, 0.25) is 0 Å². The summed E-state index contributed by atoms with van der Waals surface area (Å²) in [7, 11) is 0. The van der Waals surface area contributed by atoms with Crippen molar-refractivity contribution in [3.8, 4) is 0 Å². The number of anilines is 1. The van der Waals surface area contributed by atoms with Gasteiger partial charge in [0.1, 0.15) is 11.9 Å². The summed E-state index contributed by atoms with van der Waals surface area (Å²) < 4.78 is 0. The first-order chi connectivity index (χ1) is 12.5. The van der Waals surface area contributed by atoms with Gasteiger partial charge >= 0.3 is 0 Å². The molecule has 6 heteroatoms. The summed E-state index contributed by atoms with van der Waals surface area (Å²) in [4.78, 5) is 25.3. The van der Waals surface area contributed by atoms with Crippen LogP contribution in [0.25, 0.3) is 0 Å². The predicted octanol–water partition coefficient (Wildman–Crippen LogP) is 2.44. The van der Waals surface area contributed by atoms with Crippen LogP contribution in [-0.4, -0.2) is 51.9 Å². The van der Waals surface area contributed by atoms with Crippen molar-refractivity contribution in [3.05, 3.63) is 65.8 Å². The van der Waals surface area contributed by atoms with Crippen LogP contribution in [0.5, 0.6) is 0 Å². The van der Waals surface area contributed by atoms with Crippen LogP contribution < -0.4 is 4.90 Å². The van der Waals surface area contributed by atoms with Crippen LogP contribution in [0.3, 0.4) is 0 Å². The lowest BCUT2D eigenvalue weighted by molar-refractivity contribution is 0.103. The third-order valence-corrected chi connectivity index (χ3v) is 4.44. The average molecular weight is 352 g/mol. The van der Waals surface area contributed by atoms with Gasteiger partial charge in [0.05, 0.1) is 0 Å². The summed E-state index contributed by atoms with van der Waals surface area (Å²) >= 11 is 0. The van der Waals surface area contributed by atoms with Crippen LogP contribution in [0.4, 0.5) is 5.82 Å². The van der Waals surface area contributed by atoms with Crippen molar-refractivity contribution < 1.29 is 9.90 Å². The molecule has 2 heterocycles. The number of ketones is 1. The molecule has 0 amide bonds. The van der Waals surface area contributed by atoms with E-state index in [9.17, 15) is 9.90 Å². The molecule has 3 rings (SSSR count). The minimum atomic E-state index is -0.675. The molecule has 0 radical (unpaired) electrons.